The van der Waals surface area contributed by atoms with E-state index in [1.807, 2.05) is 0 Å². The number of fused-ring (bicyclic) bond motifs is 1. The highest BCUT2D eigenvalue weighted by molar-refractivity contribution is 7.99. The van der Waals surface area contributed by atoms with Crippen molar-refractivity contribution in [3.63, 3.8) is 0 Å². The van der Waals surface area contributed by atoms with Gasteiger partial charge in [0.05, 0.1) is 6.42 Å². The van der Waals surface area contributed by atoms with E-state index >= 15 is 0 Å². The van der Waals surface area contributed by atoms with Crippen LogP contribution in [0.1, 0.15) is 6.42 Å². The molecular formula is C15H11F5N4OS. The standard InChI is InChI=1S/C15H11F5N4OS/c1-24-11(7-2-3-8(16)9(17)6-7)21-10-12(24)22-14(23-13(10)25)26-5-4-15(18,19)20/h2-3,6H,4-5H2,1H3,(H,22,23,25). The van der Waals surface area contributed by atoms with Crippen molar-refractivity contribution in [3.05, 3.63) is 40.2 Å². The summed E-state index contributed by atoms with van der Waals surface area (Å²) in [4.78, 5) is 22.7. The quantitative estimate of drug-likeness (QED) is 0.420. The topological polar surface area (TPSA) is 63.6 Å². The number of hydrogen-bond donors (Lipinski definition) is 1. The van der Waals surface area contributed by atoms with Crippen molar-refractivity contribution < 1.29 is 22.0 Å². The van der Waals surface area contributed by atoms with Crippen molar-refractivity contribution >= 4 is 22.9 Å². The Hall–Kier alpha value is -2.43. The number of alkyl halides is 3. The van der Waals surface area contributed by atoms with Crippen LogP contribution in [0.2, 0.25) is 0 Å². The van der Waals surface area contributed by atoms with Crippen molar-refractivity contribution in [2.75, 3.05) is 5.75 Å². The van der Waals surface area contributed by atoms with Gasteiger partial charge in [0.25, 0.3) is 5.56 Å². The number of hydrogen-bond acceptors (Lipinski definition) is 4. The van der Waals surface area contributed by atoms with Gasteiger partial charge in [0.1, 0.15) is 5.82 Å². The van der Waals surface area contributed by atoms with Crippen molar-refractivity contribution in [3.8, 4) is 11.4 Å². The minimum Gasteiger partial charge on any atom is -0.312 e. The van der Waals surface area contributed by atoms with Crippen molar-refractivity contribution in [1.82, 2.24) is 19.5 Å². The van der Waals surface area contributed by atoms with E-state index in [2.05, 4.69) is 15.0 Å². The van der Waals surface area contributed by atoms with Crippen LogP contribution in [0.5, 0.6) is 0 Å². The molecule has 0 saturated heterocycles. The van der Waals surface area contributed by atoms with E-state index in [0.717, 1.165) is 23.9 Å². The highest BCUT2D eigenvalue weighted by Crippen LogP contribution is 2.26. The molecule has 2 heterocycles. The van der Waals surface area contributed by atoms with Crippen LogP contribution >= 0.6 is 11.8 Å². The Morgan fingerprint density at radius 2 is 1.92 bits per heavy atom. The number of rotatable bonds is 4. The second kappa shape index (κ2) is 6.71. The van der Waals surface area contributed by atoms with Crippen molar-refractivity contribution in [2.24, 2.45) is 7.05 Å². The predicted molar refractivity (Wildman–Crippen MR) is 85.9 cm³/mol. The number of benzene rings is 1. The third-order valence-corrected chi connectivity index (χ3v) is 4.39. The molecule has 0 aliphatic heterocycles. The maximum atomic E-state index is 13.4. The Morgan fingerprint density at radius 1 is 1.19 bits per heavy atom. The van der Waals surface area contributed by atoms with Gasteiger partial charge in [-0.2, -0.15) is 13.2 Å². The summed E-state index contributed by atoms with van der Waals surface area (Å²) in [6.45, 7) is 0. The van der Waals surface area contributed by atoms with Crippen molar-refractivity contribution in [2.45, 2.75) is 17.8 Å². The second-order valence-electron chi connectivity index (χ2n) is 5.38. The maximum absolute atomic E-state index is 13.4. The fourth-order valence-corrected chi connectivity index (χ4v) is 3.12. The second-order valence-corrected chi connectivity index (χ2v) is 6.46. The zero-order chi connectivity index (χ0) is 19.1. The molecule has 0 aliphatic rings. The highest BCUT2D eigenvalue weighted by Gasteiger charge is 2.26. The average molecular weight is 390 g/mol. The van der Waals surface area contributed by atoms with E-state index < -0.39 is 29.8 Å². The van der Waals surface area contributed by atoms with Gasteiger partial charge in [-0.05, 0) is 18.2 Å². The highest BCUT2D eigenvalue weighted by atomic mass is 32.2. The molecule has 1 N–H and O–H groups in total. The van der Waals surface area contributed by atoms with Crippen LogP contribution < -0.4 is 5.56 Å². The van der Waals surface area contributed by atoms with E-state index in [4.69, 9.17) is 0 Å². The summed E-state index contributed by atoms with van der Waals surface area (Å²) in [6.07, 6.45) is -5.32. The lowest BCUT2D eigenvalue weighted by Crippen LogP contribution is -2.11. The number of aryl methyl sites for hydroxylation is 1. The molecule has 5 nitrogen and oxygen atoms in total. The first-order valence-corrected chi connectivity index (χ1v) is 8.26. The predicted octanol–water partition coefficient (Wildman–Crippen LogP) is 3.65. The molecule has 0 unspecified atom stereocenters. The maximum Gasteiger partial charge on any atom is 0.389 e. The van der Waals surface area contributed by atoms with Gasteiger partial charge < -0.3 is 4.57 Å². The number of nitrogens with one attached hydrogen (secondary N) is 1. The van der Waals surface area contributed by atoms with Crippen molar-refractivity contribution in [1.29, 1.82) is 0 Å². The fourth-order valence-electron chi connectivity index (χ4n) is 2.28. The van der Waals surface area contributed by atoms with Crippen LogP contribution in [0.15, 0.2) is 28.2 Å². The summed E-state index contributed by atoms with van der Waals surface area (Å²) in [6, 6.07) is 3.16. The summed E-state index contributed by atoms with van der Waals surface area (Å²) in [5.74, 6) is -2.22. The Bertz CT molecular complexity index is 1030. The minimum atomic E-state index is -4.30. The lowest BCUT2D eigenvalue weighted by molar-refractivity contribution is -0.129. The van der Waals surface area contributed by atoms with Gasteiger partial charge >= 0.3 is 6.18 Å². The molecule has 26 heavy (non-hydrogen) atoms. The van der Waals surface area contributed by atoms with Gasteiger partial charge in [0.2, 0.25) is 0 Å². The normalized spacial score (nSPS) is 12.1. The molecule has 0 amide bonds. The van der Waals surface area contributed by atoms with E-state index in [0.29, 0.717) is 0 Å². The molecule has 0 spiro atoms. The van der Waals surface area contributed by atoms with Gasteiger partial charge in [0, 0.05) is 18.4 Å². The summed E-state index contributed by atoms with van der Waals surface area (Å²) < 4.78 is 64.6. The molecule has 0 radical (unpaired) electrons. The smallest absolute Gasteiger partial charge is 0.312 e. The third kappa shape index (κ3) is 3.71. The first-order valence-electron chi connectivity index (χ1n) is 7.27. The minimum absolute atomic E-state index is 0.0200. The van der Waals surface area contributed by atoms with Crippen LogP contribution in [0, 0.1) is 11.6 Å². The Labute approximate surface area is 147 Å². The zero-order valence-electron chi connectivity index (χ0n) is 13.2. The monoisotopic (exact) mass is 390 g/mol. The van der Waals surface area contributed by atoms with Crippen LogP contribution in [0.3, 0.4) is 0 Å². The molecule has 2 aromatic heterocycles. The Kier molecular flexibility index (Phi) is 4.74. The Morgan fingerprint density at radius 3 is 2.58 bits per heavy atom. The summed E-state index contributed by atoms with van der Waals surface area (Å²) in [5.41, 5.74) is -0.320. The SMILES string of the molecule is Cn1c(-c2ccc(F)c(F)c2)nc2c(=O)[nH]c(SCCC(F)(F)F)nc21. The van der Waals surface area contributed by atoms with Gasteiger partial charge in [-0.3, -0.25) is 9.78 Å². The number of thioether (sulfide) groups is 1. The number of halogens is 5. The first kappa shape index (κ1) is 18.4. The van der Waals surface area contributed by atoms with Gasteiger partial charge in [-0.25, -0.2) is 18.7 Å². The van der Waals surface area contributed by atoms with Gasteiger partial charge in [-0.15, -0.1) is 0 Å². The lowest BCUT2D eigenvalue weighted by atomic mass is 10.2. The summed E-state index contributed by atoms with van der Waals surface area (Å²) in [7, 11) is 1.52. The third-order valence-electron chi connectivity index (χ3n) is 3.51. The Balaban J connectivity index is 1.99. The fraction of sp³-hybridized carbons (Fsp3) is 0.267. The molecule has 0 fully saturated rings. The largest absolute Gasteiger partial charge is 0.389 e. The van der Waals surface area contributed by atoms with E-state index in [1.165, 1.54) is 17.7 Å². The van der Waals surface area contributed by atoms with Gasteiger partial charge in [0.15, 0.2) is 28.0 Å². The zero-order valence-corrected chi connectivity index (χ0v) is 14.0. The molecule has 138 valence electrons. The molecule has 3 rings (SSSR count). The number of imidazole rings is 1. The molecule has 0 bridgehead atoms. The molecule has 3 aromatic rings. The van der Waals surface area contributed by atoms with E-state index in [-0.39, 0.29) is 33.5 Å². The molecule has 0 atom stereocenters. The summed E-state index contributed by atoms with van der Waals surface area (Å²) >= 11 is 0.757. The van der Waals surface area contributed by atoms with E-state index in [9.17, 15) is 26.7 Å². The van der Waals surface area contributed by atoms with E-state index in [1.54, 1.807) is 0 Å². The first-order chi connectivity index (χ1) is 12.2. The van der Waals surface area contributed by atoms with Crippen LogP contribution in [-0.4, -0.2) is 31.4 Å². The van der Waals surface area contributed by atoms with Crippen LogP contribution in [-0.2, 0) is 7.05 Å². The molecule has 0 aliphatic carbocycles. The van der Waals surface area contributed by atoms with Crippen LogP contribution in [0.25, 0.3) is 22.6 Å². The number of H-pyrrole nitrogens is 1. The lowest BCUT2D eigenvalue weighted by Gasteiger charge is -2.05. The van der Waals surface area contributed by atoms with Crippen LogP contribution in [0.4, 0.5) is 22.0 Å². The molecule has 1 aromatic carbocycles. The number of aromatic amines is 1. The van der Waals surface area contributed by atoms with Gasteiger partial charge in [-0.1, -0.05) is 11.8 Å². The number of nitrogens with zero attached hydrogens (tertiary/aromatic N) is 3. The molecular weight excluding hydrogens is 379 g/mol. The average Bonchev–Trinajstić information content (AvgIpc) is 2.87. The molecule has 0 saturated carbocycles. The molecule has 11 heteroatoms. The number of aromatic nitrogens is 4. The summed E-state index contributed by atoms with van der Waals surface area (Å²) in [5, 5.41) is 0.0200.